The van der Waals surface area contributed by atoms with Gasteiger partial charge in [-0.1, -0.05) is 0 Å². The quantitative estimate of drug-likeness (QED) is 0.793. The van der Waals surface area contributed by atoms with Crippen molar-refractivity contribution in [1.82, 2.24) is 14.9 Å². The van der Waals surface area contributed by atoms with Crippen molar-refractivity contribution in [2.24, 2.45) is 0 Å². The van der Waals surface area contributed by atoms with E-state index in [-0.39, 0.29) is 6.61 Å². The summed E-state index contributed by atoms with van der Waals surface area (Å²) in [6, 6.07) is 0. The van der Waals surface area contributed by atoms with Crippen molar-refractivity contribution >= 4 is 17.3 Å². The Labute approximate surface area is 125 Å². The summed E-state index contributed by atoms with van der Waals surface area (Å²) in [5.74, 6) is 1.74. The number of anilines is 3. The third kappa shape index (κ3) is 3.03. The van der Waals surface area contributed by atoms with Crippen LogP contribution >= 0.6 is 0 Å². The molecule has 2 fully saturated rings. The van der Waals surface area contributed by atoms with E-state index in [0.29, 0.717) is 5.69 Å². The molecule has 3 heterocycles. The van der Waals surface area contributed by atoms with Crippen LogP contribution in [0.5, 0.6) is 0 Å². The number of aromatic nitrogens is 2. The minimum atomic E-state index is 0.217. The summed E-state index contributed by atoms with van der Waals surface area (Å²) in [6.45, 7) is 6.67. The number of aliphatic hydroxyl groups is 1. The summed E-state index contributed by atoms with van der Waals surface area (Å²) in [6.07, 6.45) is 4.04. The van der Waals surface area contributed by atoms with Crippen molar-refractivity contribution in [2.45, 2.75) is 12.8 Å². The Kier molecular flexibility index (Phi) is 4.40. The maximum atomic E-state index is 9.00. The van der Waals surface area contributed by atoms with E-state index in [4.69, 9.17) is 10.8 Å². The van der Waals surface area contributed by atoms with Gasteiger partial charge in [-0.15, -0.1) is 0 Å². The van der Waals surface area contributed by atoms with E-state index < -0.39 is 0 Å². The number of nitrogen functional groups attached to an aromatic ring is 1. The molecule has 0 aromatic carbocycles. The molecule has 3 rings (SSSR count). The summed E-state index contributed by atoms with van der Waals surface area (Å²) in [5, 5.41) is 9.00. The van der Waals surface area contributed by atoms with Crippen molar-refractivity contribution < 1.29 is 5.11 Å². The first-order chi connectivity index (χ1) is 10.3. The minimum absolute atomic E-state index is 0.217. The SMILES string of the molecule is Nc1c(N2CCCC2)ncnc1N1CCN(CCO)CC1. The van der Waals surface area contributed by atoms with Crippen LogP contribution in [0.1, 0.15) is 12.8 Å². The van der Waals surface area contributed by atoms with Gasteiger partial charge in [0.15, 0.2) is 11.6 Å². The van der Waals surface area contributed by atoms with Gasteiger partial charge in [-0.25, -0.2) is 9.97 Å². The molecule has 7 heteroatoms. The van der Waals surface area contributed by atoms with Crippen LogP contribution in [0.4, 0.5) is 17.3 Å². The van der Waals surface area contributed by atoms with Crippen molar-refractivity contribution in [2.75, 3.05) is 68.0 Å². The van der Waals surface area contributed by atoms with Gasteiger partial charge >= 0.3 is 0 Å². The van der Waals surface area contributed by atoms with Gasteiger partial charge in [0.2, 0.25) is 0 Å². The first-order valence-electron chi connectivity index (χ1n) is 7.73. The molecular formula is C14H24N6O. The number of rotatable bonds is 4. The van der Waals surface area contributed by atoms with Gasteiger partial charge in [0.25, 0.3) is 0 Å². The summed E-state index contributed by atoms with van der Waals surface area (Å²) >= 11 is 0. The number of hydrogen-bond donors (Lipinski definition) is 2. The van der Waals surface area contributed by atoms with E-state index in [9.17, 15) is 0 Å². The van der Waals surface area contributed by atoms with Crippen LogP contribution in [0.3, 0.4) is 0 Å². The maximum Gasteiger partial charge on any atom is 0.157 e. The molecule has 116 valence electrons. The summed E-state index contributed by atoms with van der Waals surface area (Å²) in [4.78, 5) is 15.5. The van der Waals surface area contributed by atoms with Gasteiger partial charge in [0, 0.05) is 45.8 Å². The fourth-order valence-corrected chi connectivity index (χ4v) is 3.13. The molecule has 1 aromatic heterocycles. The van der Waals surface area contributed by atoms with Gasteiger partial charge in [0.05, 0.1) is 6.61 Å². The highest BCUT2D eigenvalue weighted by Gasteiger charge is 2.23. The van der Waals surface area contributed by atoms with E-state index in [0.717, 1.165) is 57.4 Å². The number of nitrogens with zero attached hydrogens (tertiary/aromatic N) is 5. The van der Waals surface area contributed by atoms with Crippen LogP contribution in [-0.2, 0) is 0 Å². The summed E-state index contributed by atoms with van der Waals surface area (Å²) < 4.78 is 0. The number of β-amino-alcohol motifs (C(OH)–C–C–N with tert-alkyl or cyclic N) is 1. The van der Waals surface area contributed by atoms with E-state index in [1.807, 2.05) is 0 Å². The second-order valence-corrected chi connectivity index (χ2v) is 5.68. The van der Waals surface area contributed by atoms with Crippen LogP contribution in [0.2, 0.25) is 0 Å². The number of hydrogen-bond acceptors (Lipinski definition) is 7. The third-order valence-electron chi connectivity index (χ3n) is 4.34. The number of piperazine rings is 1. The molecule has 0 bridgehead atoms. The van der Waals surface area contributed by atoms with E-state index in [1.54, 1.807) is 6.33 Å². The Balaban J connectivity index is 1.72. The van der Waals surface area contributed by atoms with Crippen LogP contribution in [-0.4, -0.2) is 72.4 Å². The average molecular weight is 292 g/mol. The van der Waals surface area contributed by atoms with Crippen LogP contribution < -0.4 is 15.5 Å². The lowest BCUT2D eigenvalue weighted by molar-refractivity contribution is 0.188. The lowest BCUT2D eigenvalue weighted by Crippen LogP contribution is -2.47. The van der Waals surface area contributed by atoms with Crippen LogP contribution in [0.15, 0.2) is 6.33 Å². The largest absolute Gasteiger partial charge is 0.395 e. The van der Waals surface area contributed by atoms with E-state index in [2.05, 4.69) is 24.7 Å². The highest BCUT2D eigenvalue weighted by Crippen LogP contribution is 2.31. The van der Waals surface area contributed by atoms with Crippen molar-refractivity contribution in [3.05, 3.63) is 6.33 Å². The molecule has 0 amide bonds. The van der Waals surface area contributed by atoms with Gasteiger partial charge < -0.3 is 20.6 Å². The molecule has 0 radical (unpaired) electrons. The van der Waals surface area contributed by atoms with Gasteiger partial charge in [0.1, 0.15) is 12.0 Å². The zero-order chi connectivity index (χ0) is 14.7. The minimum Gasteiger partial charge on any atom is -0.395 e. The predicted molar refractivity (Wildman–Crippen MR) is 83.6 cm³/mol. The first kappa shape index (κ1) is 14.3. The van der Waals surface area contributed by atoms with E-state index in [1.165, 1.54) is 12.8 Å². The molecule has 0 saturated carbocycles. The Morgan fingerprint density at radius 3 is 2.10 bits per heavy atom. The highest BCUT2D eigenvalue weighted by atomic mass is 16.3. The maximum absolute atomic E-state index is 9.00. The third-order valence-corrected chi connectivity index (χ3v) is 4.34. The standard InChI is InChI=1S/C14H24N6O/c15-12-13(19-3-1-2-4-19)16-11-17-14(12)20-7-5-18(6-8-20)9-10-21/h11,21H,1-10,15H2. The van der Waals surface area contributed by atoms with Crippen LogP contribution in [0.25, 0.3) is 0 Å². The molecule has 0 atom stereocenters. The smallest absolute Gasteiger partial charge is 0.157 e. The molecule has 1 aromatic rings. The first-order valence-corrected chi connectivity index (χ1v) is 7.73. The van der Waals surface area contributed by atoms with Gasteiger partial charge in [-0.3, -0.25) is 4.90 Å². The van der Waals surface area contributed by atoms with Gasteiger partial charge in [-0.2, -0.15) is 0 Å². The second-order valence-electron chi connectivity index (χ2n) is 5.68. The zero-order valence-electron chi connectivity index (χ0n) is 12.4. The predicted octanol–water partition coefficient (Wildman–Crippen LogP) is -0.227. The lowest BCUT2D eigenvalue weighted by Gasteiger charge is -2.35. The van der Waals surface area contributed by atoms with Crippen molar-refractivity contribution in [3.63, 3.8) is 0 Å². The van der Waals surface area contributed by atoms with Gasteiger partial charge in [-0.05, 0) is 12.8 Å². The normalized spacial score (nSPS) is 20.2. The Hall–Kier alpha value is -1.60. The Morgan fingerprint density at radius 2 is 1.52 bits per heavy atom. The molecule has 0 aliphatic carbocycles. The Morgan fingerprint density at radius 1 is 0.952 bits per heavy atom. The van der Waals surface area contributed by atoms with Crippen molar-refractivity contribution in [3.8, 4) is 0 Å². The summed E-state index contributed by atoms with van der Waals surface area (Å²) in [7, 11) is 0. The van der Waals surface area contributed by atoms with Crippen LogP contribution in [0, 0.1) is 0 Å². The molecule has 2 aliphatic heterocycles. The number of aliphatic hydroxyl groups excluding tert-OH is 1. The molecule has 3 N–H and O–H groups in total. The summed E-state index contributed by atoms with van der Waals surface area (Å²) in [5.41, 5.74) is 7.03. The Bertz CT molecular complexity index is 469. The zero-order valence-corrected chi connectivity index (χ0v) is 12.4. The molecule has 21 heavy (non-hydrogen) atoms. The highest BCUT2D eigenvalue weighted by molar-refractivity contribution is 5.76. The molecular weight excluding hydrogens is 268 g/mol. The molecule has 0 spiro atoms. The monoisotopic (exact) mass is 292 g/mol. The lowest BCUT2D eigenvalue weighted by atomic mass is 10.3. The number of nitrogens with two attached hydrogens (primary N) is 1. The molecule has 2 aliphatic rings. The van der Waals surface area contributed by atoms with Crippen molar-refractivity contribution in [1.29, 1.82) is 0 Å². The average Bonchev–Trinajstić information content (AvgIpc) is 3.03. The molecule has 7 nitrogen and oxygen atoms in total. The molecule has 0 unspecified atom stereocenters. The topological polar surface area (TPSA) is 81.8 Å². The molecule has 2 saturated heterocycles. The second kappa shape index (κ2) is 6.44. The van der Waals surface area contributed by atoms with E-state index >= 15 is 0 Å². The fraction of sp³-hybridized carbons (Fsp3) is 0.714. The fourth-order valence-electron chi connectivity index (χ4n) is 3.13.